The Hall–Kier alpha value is -2.64. The van der Waals surface area contributed by atoms with Crippen molar-refractivity contribution in [1.82, 2.24) is 15.8 Å². The highest BCUT2D eigenvalue weighted by molar-refractivity contribution is 6.09. The molecule has 2 aliphatic rings. The molecule has 0 atom stereocenters. The zero-order valence-corrected chi connectivity index (χ0v) is 14.1. The SMILES string of the molecule is COc1ccc(C(=O)NN2C(=O)NC3(CCC(C)CC3)C2=O)cc1F. The summed E-state index contributed by atoms with van der Waals surface area (Å²) in [6.07, 6.45) is 2.75. The monoisotopic (exact) mass is 349 g/mol. The van der Waals surface area contributed by atoms with Crippen LogP contribution in [0.4, 0.5) is 9.18 Å². The molecule has 4 amide bonds. The van der Waals surface area contributed by atoms with E-state index in [9.17, 15) is 18.8 Å². The first-order valence-electron chi connectivity index (χ1n) is 8.17. The molecule has 0 radical (unpaired) electrons. The highest BCUT2D eigenvalue weighted by atomic mass is 19.1. The lowest BCUT2D eigenvalue weighted by molar-refractivity contribution is -0.134. The highest BCUT2D eigenvalue weighted by Crippen LogP contribution is 2.35. The third-order valence-electron chi connectivity index (χ3n) is 4.92. The number of nitrogens with one attached hydrogen (secondary N) is 2. The van der Waals surface area contributed by atoms with Crippen LogP contribution < -0.4 is 15.5 Å². The molecule has 1 saturated heterocycles. The molecular weight excluding hydrogens is 329 g/mol. The molecule has 0 aromatic heterocycles. The molecule has 1 aliphatic carbocycles. The third-order valence-corrected chi connectivity index (χ3v) is 4.92. The number of halogens is 1. The van der Waals surface area contributed by atoms with Crippen LogP contribution in [0.25, 0.3) is 0 Å². The Morgan fingerprint density at radius 1 is 1.36 bits per heavy atom. The summed E-state index contributed by atoms with van der Waals surface area (Å²) in [5.41, 5.74) is 1.31. The summed E-state index contributed by atoms with van der Waals surface area (Å²) in [5, 5.41) is 3.40. The number of hydrogen-bond acceptors (Lipinski definition) is 4. The predicted molar refractivity (Wildman–Crippen MR) is 86.2 cm³/mol. The number of ether oxygens (including phenoxy) is 1. The molecule has 1 aromatic rings. The summed E-state index contributed by atoms with van der Waals surface area (Å²) in [4.78, 5) is 37.1. The quantitative estimate of drug-likeness (QED) is 0.817. The van der Waals surface area contributed by atoms with E-state index in [4.69, 9.17) is 4.74 Å². The molecule has 0 bridgehead atoms. The Balaban J connectivity index is 1.74. The van der Waals surface area contributed by atoms with Crippen molar-refractivity contribution in [1.29, 1.82) is 0 Å². The topological polar surface area (TPSA) is 87.7 Å². The summed E-state index contributed by atoms with van der Waals surface area (Å²) in [6, 6.07) is 2.99. The summed E-state index contributed by atoms with van der Waals surface area (Å²) in [6.45, 7) is 2.10. The molecule has 1 spiro atoms. The molecule has 1 aliphatic heterocycles. The van der Waals surface area contributed by atoms with E-state index in [1.165, 1.54) is 19.2 Å². The number of nitrogens with zero attached hydrogens (tertiary/aromatic N) is 1. The number of methoxy groups -OCH3 is 1. The number of hydrazine groups is 1. The molecule has 1 heterocycles. The Morgan fingerprint density at radius 3 is 2.64 bits per heavy atom. The first-order valence-corrected chi connectivity index (χ1v) is 8.17. The first kappa shape index (κ1) is 17.2. The number of rotatable bonds is 3. The van der Waals surface area contributed by atoms with E-state index in [1.807, 2.05) is 0 Å². The van der Waals surface area contributed by atoms with Gasteiger partial charge >= 0.3 is 6.03 Å². The maximum Gasteiger partial charge on any atom is 0.344 e. The van der Waals surface area contributed by atoms with Crippen LogP contribution in [0.5, 0.6) is 5.75 Å². The smallest absolute Gasteiger partial charge is 0.344 e. The Labute approximate surface area is 144 Å². The summed E-state index contributed by atoms with van der Waals surface area (Å²) >= 11 is 0. The number of carbonyl (C=O) groups excluding carboxylic acids is 3. The van der Waals surface area contributed by atoms with Gasteiger partial charge in [-0.1, -0.05) is 6.92 Å². The number of carbonyl (C=O) groups is 3. The normalized spacial score (nSPS) is 25.9. The van der Waals surface area contributed by atoms with Gasteiger partial charge in [0, 0.05) is 5.56 Å². The van der Waals surface area contributed by atoms with E-state index >= 15 is 0 Å². The Kier molecular flexibility index (Phi) is 4.36. The second-order valence-electron chi connectivity index (χ2n) is 6.63. The molecule has 0 unspecified atom stereocenters. The predicted octanol–water partition coefficient (Wildman–Crippen LogP) is 1.98. The molecule has 8 heteroatoms. The van der Waals surface area contributed by atoms with Gasteiger partial charge in [-0.2, -0.15) is 5.01 Å². The minimum atomic E-state index is -0.942. The molecule has 7 nitrogen and oxygen atoms in total. The molecule has 134 valence electrons. The van der Waals surface area contributed by atoms with Crippen molar-refractivity contribution in [3.05, 3.63) is 29.6 Å². The van der Waals surface area contributed by atoms with Crippen LogP contribution in [-0.2, 0) is 4.79 Å². The molecule has 1 aromatic carbocycles. The Bertz CT molecular complexity index is 729. The van der Waals surface area contributed by atoms with Crippen molar-refractivity contribution >= 4 is 17.8 Å². The number of amides is 4. The fraction of sp³-hybridized carbons (Fsp3) is 0.471. The van der Waals surface area contributed by atoms with E-state index < -0.39 is 29.2 Å². The highest BCUT2D eigenvalue weighted by Gasteiger charge is 2.52. The van der Waals surface area contributed by atoms with Gasteiger partial charge in [0.05, 0.1) is 7.11 Å². The lowest BCUT2D eigenvalue weighted by Gasteiger charge is -2.33. The van der Waals surface area contributed by atoms with Crippen molar-refractivity contribution in [2.45, 2.75) is 38.1 Å². The number of urea groups is 1. The van der Waals surface area contributed by atoms with E-state index in [1.54, 1.807) is 0 Å². The maximum absolute atomic E-state index is 13.7. The van der Waals surface area contributed by atoms with Crippen LogP contribution in [0, 0.1) is 11.7 Å². The molecule has 1 saturated carbocycles. The minimum absolute atomic E-state index is 0.00169. The lowest BCUT2D eigenvalue weighted by Crippen LogP contribution is -2.51. The first-order chi connectivity index (χ1) is 11.9. The van der Waals surface area contributed by atoms with Gasteiger partial charge in [0.15, 0.2) is 11.6 Å². The van der Waals surface area contributed by atoms with Crippen LogP contribution in [0.3, 0.4) is 0 Å². The minimum Gasteiger partial charge on any atom is -0.494 e. The average Bonchev–Trinajstić information content (AvgIpc) is 2.82. The second-order valence-corrected chi connectivity index (χ2v) is 6.63. The zero-order chi connectivity index (χ0) is 18.2. The molecule has 3 rings (SSSR count). The summed E-state index contributed by atoms with van der Waals surface area (Å²) < 4.78 is 18.5. The fourth-order valence-electron chi connectivity index (χ4n) is 3.29. The van der Waals surface area contributed by atoms with Gasteiger partial charge in [0.2, 0.25) is 0 Å². The fourth-order valence-corrected chi connectivity index (χ4v) is 3.29. The standard InChI is InChI=1S/C17H20FN3O4/c1-10-5-7-17(8-6-10)15(23)21(16(24)19-17)20-14(22)11-3-4-13(25-2)12(18)9-11/h3-4,9-10H,5-8H2,1-2H3,(H,19,24)(H,20,22). The van der Waals surface area contributed by atoms with Gasteiger partial charge in [0.25, 0.3) is 11.8 Å². The zero-order valence-electron chi connectivity index (χ0n) is 14.1. The van der Waals surface area contributed by atoms with Gasteiger partial charge < -0.3 is 10.1 Å². The number of benzene rings is 1. The average molecular weight is 349 g/mol. The van der Waals surface area contributed by atoms with Gasteiger partial charge in [-0.3, -0.25) is 15.0 Å². The lowest BCUT2D eigenvalue weighted by atomic mass is 9.77. The molecule has 2 fully saturated rings. The van der Waals surface area contributed by atoms with E-state index in [0.717, 1.165) is 18.9 Å². The van der Waals surface area contributed by atoms with Crippen molar-refractivity contribution in [3.8, 4) is 5.75 Å². The maximum atomic E-state index is 13.7. The molecular formula is C17H20FN3O4. The molecule has 2 N–H and O–H groups in total. The van der Waals surface area contributed by atoms with Crippen molar-refractivity contribution in [2.24, 2.45) is 5.92 Å². The van der Waals surface area contributed by atoms with Crippen LogP contribution in [0.2, 0.25) is 0 Å². The van der Waals surface area contributed by atoms with Gasteiger partial charge in [-0.05, 0) is 49.8 Å². The van der Waals surface area contributed by atoms with E-state index in [2.05, 4.69) is 17.7 Å². The van der Waals surface area contributed by atoms with Crippen LogP contribution in [0.1, 0.15) is 43.0 Å². The van der Waals surface area contributed by atoms with Gasteiger partial charge in [-0.25, -0.2) is 9.18 Å². The van der Waals surface area contributed by atoms with Crippen molar-refractivity contribution in [2.75, 3.05) is 7.11 Å². The van der Waals surface area contributed by atoms with Crippen LogP contribution in [-0.4, -0.2) is 35.5 Å². The largest absolute Gasteiger partial charge is 0.494 e. The van der Waals surface area contributed by atoms with E-state index in [-0.39, 0.29) is 11.3 Å². The third kappa shape index (κ3) is 3.04. The van der Waals surface area contributed by atoms with Gasteiger partial charge in [0.1, 0.15) is 5.54 Å². The van der Waals surface area contributed by atoms with E-state index in [0.29, 0.717) is 23.8 Å². The van der Waals surface area contributed by atoms with Crippen molar-refractivity contribution < 1.29 is 23.5 Å². The Morgan fingerprint density at radius 2 is 2.04 bits per heavy atom. The van der Waals surface area contributed by atoms with Crippen LogP contribution >= 0.6 is 0 Å². The summed E-state index contributed by atoms with van der Waals surface area (Å²) in [7, 11) is 1.32. The number of imide groups is 1. The van der Waals surface area contributed by atoms with Crippen LogP contribution in [0.15, 0.2) is 18.2 Å². The second kappa shape index (κ2) is 6.34. The van der Waals surface area contributed by atoms with Gasteiger partial charge in [-0.15, -0.1) is 0 Å². The van der Waals surface area contributed by atoms with Crippen molar-refractivity contribution in [3.63, 3.8) is 0 Å². The number of hydrogen-bond donors (Lipinski definition) is 2. The molecule has 25 heavy (non-hydrogen) atoms. The summed E-state index contributed by atoms with van der Waals surface area (Å²) in [5.74, 6) is -1.41.